The molecule has 2 N–H and O–H groups in total. The number of hydrogen-bond donors (Lipinski definition) is 1. The van der Waals surface area contributed by atoms with Gasteiger partial charge in [-0.05, 0) is 6.07 Å². The molecule has 1 aromatic heterocycles. The number of amides is 1. The fraction of sp³-hybridized carbons (Fsp3) is 0. The first-order valence-electron chi connectivity index (χ1n) is 5.11. The standard InChI is InChI=1S/C11H8N4O4/c12-11(17)8-4-13-14(5-8)10-2-1-9(15(18)19)3-7(10)6-16/h1-6H,(H2,12,17). The average molecular weight is 260 g/mol. The number of nitrogens with zero attached hydrogens (tertiary/aromatic N) is 3. The SMILES string of the molecule is NC(=O)c1cnn(-c2ccc([N+](=O)[O-])cc2C=O)c1. The van der Waals surface area contributed by atoms with Gasteiger partial charge in [-0.3, -0.25) is 19.7 Å². The van der Waals surface area contributed by atoms with Crippen LogP contribution in [-0.4, -0.2) is 26.9 Å². The molecule has 0 spiro atoms. The van der Waals surface area contributed by atoms with Crippen LogP contribution in [0.4, 0.5) is 5.69 Å². The minimum atomic E-state index is -0.652. The lowest BCUT2D eigenvalue weighted by atomic mass is 10.1. The normalized spacial score (nSPS) is 10.1. The van der Waals surface area contributed by atoms with E-state index in [1.54, 1.807) is 0 Å². The van der Waals surface area contributed by atoms with Gasteiger partial charge in [-0.2, -0.15) is 5.10 Å². The molecule has 0 saturated heterocycles. The molecule has 0 saturated carbocycles. The Labute approximate surface area is 106 Å². The highest BCUT2D eigenvalue weighted by Gasteiger charge is 2.13. The second-order valence-corrected chi connectivity index (χ2v) is 3.66. The summed E-state index contributed by atoms with van der Waals surface area (Å²) in [4.78, 5) is 31.9. The lowest BCUT2D eigenvalue weighted by molar-refractivity contribution is -0.384. The highest BCUT2D eigenvalue weighted by Crippen LogP contribution is 2.19. The van der Waals surface area contributed by atoms with Crippen molar-refractivity contribution in [2.45, 2.75) is 0 Å². The van der Waals surface area contributed by atoms with Crippen molar-refractivity contribution in [2.75, 3.05) is 0 Å². The third-order valence-corrected chi connectivity index (χ3v) is 2.46. The summed E-state index contributed by atoms with van der Waals surface area (Å²) in [5, 5.41) is 14.5. The van der Waals surface area contributed by atoms with E-state index in [4.69, 9.17) is 5.73 Å². The Balaban J connectivity index is 2.52. The number of nitro benzene ring substituents is 1. The van der Waals surface area contributed by atoms with Crippen LogP contribution in [0.1, 0.15) is 20.7 Å². The van der Waals surface area contributed by atoms with Crippen LogP contribution in [-0.2, 0) is 0 Å². The van der Waals surface area contributed by atoms with E-state index in [0.29, 0.717) is 12.0 Å². The van der Waals surface area contributed by atoms with E-state index < -0.39 is 10.8 Å². The molecule has 1 heterocycles. The highest BCUT2D eigenvalue weighted by molar-refractivity contribution is 5.92. The fourth-order valence-corrected chi connectivity index (χ4v) is 1.54. The zero-order valence-electron chi connectivity index (χ0n) is 9.52. The molecule has 0 fully saturated rings. The molecule has 1 aromatic carbocycles. The van der Waals surface area contributed by atoms with E-state index in [1.807, 2.05) is 0 Å². The number of benzene rings is 1. The molecule has 2 aromatic rings. The molecule has 8 nitrogen and oxygen atoms in total. The Morgan fingerprint density at radius 1 is 1.47 bits per heavy atom. The molecule has 0 aliphatic heterocycles. The number of carbonyl (C=O) groups excluding carboxylic acids is 2. The molecule has 0 aliphatic rings. The number of nitro groups is 1. The number of primary amides is 1. The van der Waals surface area contributed by atoms with Crippen LogP contribution in [0.2, 0.25) is 0 Å². The highest BCUT2D eigenvalue weighted by atomic mass is 16.6. The van der Waals surface area contributed by atoms with Crippen molar-refractivity contribution in [3.8, 4) is 5.69 Å². The molecule has 8 heteroatoms. The molecule has 19 heavy (non-hydrogen) atoms. The zero-order chi connectivity index (χ0) is 14.0. The van der Waals surface area contributed by atoms with Crippen LogP contribution in [0.15, 0.2) is 30.6 Å². The lowest BCUT2D eigenvalue weighted by Crippen LogP contribution is -2.09. The summed E-state index contributed by atoms with van der Waals surface area (Å²) in [6, 6.07) is 3.75. The summed E-state index contributed by atoms with van der Waals surface area (Å²) in [5.41, 5.74) is 5.48. The van der Waals surface area contributed by atoms with Gasteiger partial charge < -0.3 is 5.73 Å². The first-order valence-corrected chi connectivity index (χ1v) is 5.11. The largest absolute Gasteiger partial charge is 0.366 e. The van der Waals surface area contributed by atoms with Crippen LogP contribution in [0.3, 0.4) is 0 Å². The van der Waals surface area contributed by atoms with Gasteiger partial charge in [0.2, 0.25) is 0 Å². The van der Waals surface area contributed by atoms with Gasteiger partial charge in [-0.25, -0.2) is 4.68 Å². The second kappa shape index (κ2) is 4.69. The van der Waals surface area contributed by atoms with E-state index in [0.717, 1.165) is 6.07 Å². The minimum Gasteiger partial charge on any atom is -0.366 e. The fourth-order valence-electron chi connectivity index (χ4n) is 1.54. The van der Waals surface area contributed by atoms with Crippen LogP contribution in [0, 0.1) is 10.1 Å². The maximum absolute atomic E-state index is 11.0. The summed E-state index contributed by atoms with van der Waals surface area (Å²) < 4.78 is 1.26. The average Bonchev–Trinajstić information content (AvgIpc) is 2.87. The molecule has 0 bridgehead atoms. The molecule has 96 valence electrons. The summed E-state index contributed by atoms with van der Waals surface area (Å²) in [6.45, 7) is 0. The van der Waals surface area contributed by atoms with Gasteiger partial charge >= 0.3 is 0 Å². The molecule has 1 amide bonds. The summed E-state index contributed by atoms with van der Waals surface area (Å²) in [6.07, 6.45) is 3.07. The van der Waals surface area contributed by atoms with Crippen LogP contribution >= 0.6 is 0 Å². The third-order valence-electron chi connectivity index (χ3n) is 2.46. The quantitative estimate of drug-likeness (QED) is 0.492. The topological polar surface area (TPSA) is 121 Å². The molecule has 0 unspecified atom stereocenters. The number of carbonyl (C=O) groups is 2. The number of aldehydes is 1. The summed E-state index contributed by atoms with van der Waals surface area (Å²) in [7, 11) is 0. The molecule has 0 atom stereocenters. The number of aromatic nitrogens is 2. The third kappa shape index (κ3) is 2.32. The van der Waals surface area contributed by atoms with E-state index in [-0.39, 0.29) is 16.8 Å². The first kappa shape index (κ1) is 12.4. The molecule has 0 aliphatic carbocycles. The Hall–Kier alpha value is -3.03. The van der Waals surface area contributed by atoms with E-state index in [1.165, 1.54) is 29.2 Å². The number of rotatable bonds is 4. The Morgan fingerprint density at radius 2 is 2.21 bits per heavy atom. The molecule has 0 radical (unpaired) electrons. The monoisotopic (exact) mass is 260 g/mol. The Morgan fingerprint density at radius 3 is 2.74 bits per heavy atom. The van der Waals surface area contributed by atoms with Crippen molar-refractivity contribution in [3.63, 3.8) is 0 Å². The van der Waals surface area contributed by atoms with Crippen LogP contribution in [0.5, 0.6) is 0 Å². The maximum Gasteiger partial charge on any atom is 0.270 e. The van der Waals surface area contributed by atoms with Crippen molar-refractivity contribution >= 4 is 17.9 Å². The molecular weight excluding hydrogens is 252 g/mol. The van der Waals surface area contributed by atoms with Gasteiger partial charge in [0.05, 0.1) is 22.4 Å². The van der Waals surface area contributed by atoms with E-state index >= 15 is 0 Å². The van der Waals surface area contributed by atoms with Crippen molar-refractivity contribution in [1.29, 1.82) is 0 Å². The molecular formula is C11H8N4O4. The van der Waals surface area contributed by atoms with Crippen molar-refractivity contribution < 1.29 is 14.5 Å². The van der Waals surface area contributed by atoms with Gasteiger partial charge in [0.1, 0.15) is 0 Å². The number of hydrogen-bond acceptors (Lipinski definition) is 5. The minimum absolute atomic E-state index is 0.0910. The first-order chi connectivity index (χ1) is 9.02. The van der Waals surface area contributed by atoms with Gasteiger partial charge in [-0.1, -0.05) is 0 Å². The van der Waals surface area contributed by atoms with Crippen LogP contribution < -0.4 is 5.73 Å². The van der Waals surface area contributed by atoms with Crippen molar-refractivity contribution in [1.82, 2.24) is 9.78 Å². The maximum atomic E-state index is 11.0. The van der Waals surface area contributed by atoms with Crippen molar-refractivity contribution in [2.24, 2.45) is 5.73 Å². The predicted molar refractivity (Wildman–Crippen MR) is 64.1 cm³/mol. The van der Waals surface area contributed by atoms with Crippen molar-refractivity contribution in [3.05, 3.63) is 51.8 Å². The van der Waals surface area contributed by atoms with Gasteiger partial charge in [0, 0.05) is 23.9 Å². The number of nitrogens with two attached hydrogens (primary N) is 1. The second-order valence-electron chi connectivity index (χ2n) is 3.66. The van der Waals surface area contributed by atoms with Gasteiger partial charge in [0.25, 0.3) is 11.6 Å². The molecule has 2 rings (SSSR count). The van der Waals surface area contributed by atoms with Crippen LogP contribution in [0.25, 0.3) is 5.69 Å². The lowest BCUT2D eigenvalue weighted by Gasteiger charge is -2.04. The van der Waals surface area contributed by atoms with Gasteiger partial charge in [0.15, 0.2) is 6.29 Å². The number of non-ortho nitro benzene ring substituents is 1. The smallest absolute Gasteiger partial charge is 0.270 e. The Bertz CT molecular complexity index is 677. The summed E-state index contributed by atoms with van der Waals surface area (Å²) >= 11 is 0. The predicted octanol–water partition coefficient (Wildman–Crippen LogP) is 0.692. The summed E-state index contributed by atoms with van der Waals surface area (Å²) in [5.74, 6) is -0.652. The van der Waals surface area contributed by atoms with E-state index in [9.17, 15) is 19.7 Å². The van der Waals surface area contributed by atoms with Gasteiger partial charge in [-0.15, -0.1) is 0 Å². The van der Waals surface area contributed by atoms with E-state index in [2.05, 4.69) is 5.10 Å². The zero-order valence-corrected chi connectivity index (χ0v) is 9.52. The Kier molecular flexibility index (Phi) is 3.06.